The summed E-state index contributed by atoms with van der Waals surface area (Å²) in [6, 6.07) is 0. The number of carbonyl (C=O) groups is 1. The Morgan fingerprint density at radius 2 is 1.06 bits per heavy atom. The highest BCUT2D eigenvalue weighted by molar-refractivity contribution is 5.67. The molecule has 0 saturated heterocycles. The molecule has 0 saturated carbocycles. The smallest absolute Gasteiger partial charge is 0.407 e. The lowest BCUT2D eigenvalue weighted by atomic mass is 10.2. The van der Waals surface area contributed by atoms with E-state index >= 15 is 0 Å². The first-order chi connectivity index (χ1) is 16.8. The Labute approximate surface area is 209 Å². The molecule has 1 atom stereocenters. The van der Waals surface area contributed by atoms with E-state index in [9.17, 15) is 9.90 Å². The second-order valence-electron chi connectivity index (χ2n) is 8.34. The molecule has 0 heterocycles. The van der Waals surface area contributed by atoms with Crippen LogP contribution in [0.3, 0.4) is 0 Å². The van der Waals surface area contributed by atoms with E-state index in [1.54, 1.807) is 20.8 Å². The molecule has 0 spiro atoms. The second kappa shape index (κ2) is 24.6. The minimum atomic E-state index is -0.671. The Balaban J connectivity index is 3.21. The first-order valence-corrected chi connectivity index (χ1v) is 12.1. The molecule has 0 radical (unpaired) electrons. The summed E-state index contributed by atoms with van der Waals surface area (Å²) < 4.78 is 42.4. The van der Waals surface area contributed by atoms with Gasteiger partial charge in [0.05, 0.1) is 105 Å². The van der Waals surface area contributed by atoms with E-state index in [1.165, 1.54) is 0 Å². The van der Waals surface area contributed by atoms with Gasteiger partial charge in [-0.2, -0.15) is 0 Å². The van der Waals surface area contributed by atoms with E-state index in [4.69, 9.17) is 43.0 Å². The van der Waals surface area contributed by atoms with E-state index in [0.29, 0.717) is 98.9 Å². The van der Waals surface area contributed by atoms with Crippen LogP contribution in [0.5, 0.6) is 0 Å². The first kappa shape index (κ1) is 33.9. The maximum atomic E-state index is 11.5. The van der Waals surface area contributed by atoms with Crippen molar-refractivity contribution >= 4 is 6.09 Å². The maximum absolute atomic E-state index is 11.5. The monoisotopic (exact) mass is 513 g/mol. The number of alkyl carbamates (subject to hydrolysis) is 1. The number of rotatable bonds is 25. The standard InChI is InChI=1S/C23H47NO11/c1-23(2,3)35-22(27)24-5-4-21(26)20-34-19-18-33-17-16-32-15-14-31-13-12-30-11-10-29-9-8-28-7-6-25/h21,25-26H,4-20H2,1-3H3,(H,24,27). The van der Waals surface area contributed by atoms with Crippen LogP contribution in [0, 0.1) is 0 Å². The van der Waals surface area contributed by atoms with Crippen molar-refractivity contribution in [1.82, 2.24) is 5.32 Å². The molecule has 0 aliphatic heterocycles. The molecular formula is C23H47NO11. The van der Waals surface area contributed by atoms with Crippen LogP contribution in [0.2, 0.25) is 0 Å². The minimum Gasteiger partial charge on any atom is -0.444 e. The third kappa shape index (κ3) is 29.0. The zero-order chi connectivity index (χ0) is 26.0. The lowest BCUT2D eigenvalue weighted by molar-refractivity contribution is -0.0265. The summed E-state index contributed by atoms with van der Waals surface area (Å²) in [4.78, 5) is 11.5. The number of aliphatic hydroxyl groups excluding tert-OH is 2. The van der Waals surface area contributed by atoms with Crippen LogP contribution in [-0.4, -0.2) is 134 Å². The van der Waals surface area contributed by atoms with Gasteiger partial charge in [-0.3, -0.25) is 0 Å². The second-order valence-corrected chi connectivity index (χ2v) is 8.34. The molecular weight excluding hydrogens is 466 g/mol. The van der Waals surface area contributed by atoms with Gasteiger partial charge >= 0.3 is 6.09 Å². The van der Waals surface area contributed by atoms with Crippen LogP contribution in [-0.2, 0) is 37.9 Å². The summed E-state index contributed by atoms with van der Waals surface area (Å²) in [5, 5.41) is 21.0. The highest BCUT2D eigenvalue weighted by Gasteiger charge is 2.16. The zero-order valence-electron chi connectivity index (χ0n) is 21.7. The molecule has 3 N–H and O–H groups in total. The lowest BCUT2D eigenvalue weighted by Crippen LogP contribution is -2.34. The van der Waals surface area contributed by atoms with Gasteiger partial charge in [0.25, 0.3) is 0 Å². The number of aliphatic hydroxyl groups is 2. The van der Waals surface area contributed by atoms with Crippen LogP contribution in [0.25, 0.3) is 0 Å². The van der Waals surface area contributed by atoms with Crippen LogP contribution >= 0.6 is 0 Å². The Hall–Kier alpha value is -1.09. The predicted molar refractivity (Wildman–Crippen MR) is 128 cm³/mol. The zero-order valence-corrected chi connectivity index (χ0v) is 21.7. The molecule has 0 fully saturated rings. The Bertz CT molecular complexity index is 463. The van der Waals surface area contributed by atoms with Gasteiger partial charge in [0.15, 0.2) is 0 Å². The number of hydrogen-bond donors (Lipinski definition) is 3. The molecule has 1 amide bonds. The van der Waals surface area contributed by atoms with Crippen molar-refractivity contribution in [2.45, 2.75) is 38.9 Å². The number of amides is 1. The molecule has 210 valence electrons. The lowest BCUT2D eigenvalue weighted by Gasteiger charge is -2.20. The average molecular weight is 514 g/mol. The van der Waals surface area contributed by atoms with Gasteiger partial charge in [0.1, 0.15) is 5.60 Å². The molecule has 0 rings (SSSR count). The molecule has 1 unspecified atom stereocenters. The molecule has 0 aromatic rings. The molecule has 12 heteroatoms. The van der Waals surface area contributed by atoms with Crippen molar-refractivity contribution in [3.05, 3.63) is 0 Å². The van der Waals surface area contributed by atoms with E-state index in [1.807, 2.05) is 0 Å². The fourth-order valence-corrected chi connectivity index (χ4v) is 2.34. The molecule has 0 aromatic carbocycles. The van der Waals surface area contributed by atoms with Crippen molar-refractivity contribution in [2.75, 3.05) is 106 Å². The largest absolute Gasteiger partial charge is 0.444 e. The highest BCUT2D eigenvalue weighted by atomic mass is 16.6. The Morgan fingerprint density at radius 1 is 0.686 bits per heavy atom. The van der Waals surface area contributed by atoms with E-state index in [2.05, 4.69) is 5.32 Å². The first-order valence-electron chi connectivity index (χ1n) is 12.1. The van der Waals surface area contributed by atoms with Crippen molar-refractivity contribution in [3.8, 4) is 0 Å². The normalized spacial score (nSPS) is 12.6. The number of carbonyl (C=O) groups excluding carboxylic acids is 1. The number of hydrogen-bond acceptors (Lipinski definition) is 11. The van der Waals surface area contributed by atoms with Gasteiger partial charge < -0.3 is 53.4 Å². The summed E-state index contributed by atoms with van der Waals surface area (Å²) in [5.41, 5.74) is -0.546. The Morgan fingerprint density at radius 3 is 1.43 bits per heavy atom. The molecule has 0 bridgehead atoms. The van der Waals surface area contributed by atoms with Gasteiger partial charge in [-0.05, 0) is 27.2 Å². The van der Waals surface area contributed by atoms with Gasteiger partial charge in [0.2, 0.25) is 0 Å². The van der Waals surface area contributed by atoms with Crippen LogP contribution in [0.4, 0.5) is 4.79 Å². The van der Waals surface area contributed by atoms with Gasteiger partial charge in [0, 0.05) is 6.54 Å². The third-order valence-electron chi connectivity index (χ3n) is 3.92. The highest BCUT2D eigenvalue weighted by Crippen LogP contribution is 2.06. The summed E-state index contributed by atoms with van der Waals surface area (Å²) in [5.74, 6) is 0. The number of nitrogens with one attached hydrogen (secondary N) is 1. The Kier molecular flexibility index (Phi) is 23.8. The predicted octanol–water partition coefficient (Wildman–Crippen LogP) is 0.371. The maximum Gasteiger partial charge on any atom is 0.407 e. The molecule has 0 aliphatic rings. The minimum absolute atomic E-state index is 0.0189. The van der Waals surface area contributed by atoms with E-state index < -0.39 is 17.8 Å². The SMILES string of the molecule is CC(C)(C)OC(=O)NCCC(O)COCCOCCOCCOCCOCCOCCOCCO. The van der Waals surface area contributed by atoms with Gasteiger partial charge in [-0.25, -0.2) is 4.79 Å². The summed E-state index contributed by atoms with van der Waals surface area (Å²) in [6.07, 6.45) is -0.800. The quantitative estimate of drug-likeness (QED) is 0.146. The van der Waals surface area contributed by atoms with Crippen molar-refractivity contribution in [3.63, 3.8) is 0 Å². The average Bonchev–Trinajstić information content (AvgIpc) is 2.79. The fourth-order valence-electron chi connectivity index (χ4n) is 2.34. The van der Waals surface area contributed by atoms with Crippen LogP contribution in [0.1, 0.15) is 27.2 Å². The van der Waals surface area contributed by atoms with Gasteiger partial charge in [-0.15, -0.1) is 0 Å². The molecule has 12 nitrogen and oxygen atoms in total. The van der Waals surface area contributed by atoms with Crippen LogP contribution < -0.4 is 5.32 Å². The van der Waals surface area contributed by atoms with E-state index in [-0.39, 0.29) is 13.2 Å². The fraction of sp³-hybridized carbons (Fsp3) is 0.957. The topological polar surface area (TPSA) is 143 Å². The van der Waals surface area contributed by atoms with Crippen molar-refractivity contribution in [2.24, 2.45) is 0 Å². The summed E-state index contributed by atoms with van der Waals surface area (Å²) in [7, 11) is 0. The molecule has 35 heavy (non-hydrogen) atoms. The summed E-state index contributed by atoms with van der Waals surface area (Å²) in [6.45, 7) is 11.7. The third-order valence-corrected chi connectivity index (χ3v) is 3.92. The van der Waals surface area contributed by atoms with Crippen LogP contribution in [0.15, 0.2) is 0 Å². The van der Waals surface area contributed by atoms with E-state index in [0.717, 1.165) is 0 Å². The summed E-state index contributed by atoms with van der Waals surface area (Å²) >= 11 is 0. The molecule has 0 aliphatic carbocycles. The van der Waals surface area contributed by atoms with Crippen molar-refractivity contribution < 1.29 is 52.9 Å². The number of ether oxygens (including phenoxy) is 8. The van der Waals surface area contributed by atoms with Gasteiger partial charge in [-0.1, -0.05) is 0 Å². The molecule has 0 aromatic heterocycles. The van der Waals surface area contributed by atoms with Crippen molar-refractivity contribution in [1.29, 1.82) is 0 Å².